The van der Waals surface area contributed by atoms with Crippen molar-refractivity contribution in [2.45, 2.75) is 47.0 Å². The Morgan fingerprint density at radius 1 is 1.38 bits per heavy atom. The lowest BCUT2D eigenvalue weighted by Crippen LogP contribution is -2.27. The van der Waals surface area contributed by atoms with E-state index in [2.05, 4.69) is 32.6 Å². The van der Waals surface area contributed by atoms with Crippen LogP contribution in [0, 0.1) is 17.3 Å². The van der Waals surface area contributed by atoms with Crippen molar-refractivity contribution in [3.05, 3.63) is 0 Å². The van der Waals surface area contributed by atoms with Crippen molar-refractivity contribution in [2.75, 3.05) is 26.2 Å². The Hall–Kier alpha value is -0.0800. The van der Waals surface area contributed by atoms with E-state index in [1.54, 1.807) is 0 Å². The van der Waals surface area contributed by atoms with Gasteiger partial charge in [0.2, 0.25) is 0 Å². The second-order valence-corrected chi connectivity index (χ2v) is 6.64. The summed E-state index contributed by atoms with van der Waals surface area (Å²) < 4.78 is 0. The van der Waals surface area contributed by atoms with Crippen LogP contribution in [0.5, 0.6) is 0 Å². The van der Waals surface area contributed by atoms with E-state index in [9.17, 15) is 0 Å². The van der Waals surface area contributed by atoms with Crippen molar-refractivity contribution in [2.24, 2.45) is 23.0 Å². The maximum absolute atomic E-state index is 5.63. The van der Waals surface area contributed by atoms with Crippen LogP contribution in [0.1, 0.15) is 47.0 Å². The van der Waals surface area contributed by atoms with Gasteiger partial charge in [0.1, 0.15) is 0 Å². The number of hydrogen-bond donors (Lipinski definition) is 1. The van der Waals surface area contributed by atoms with Crippen molar-refractivity contribution >= 4 is 0 Å². The zero-order chi connectivity index (χ0) is 12.2. The van der Waals surface area contributed by atoms with Gasteiger partial charge in [-0.05, 0) is 56.1 Å². The van der Waals surface area contributed by atoms with Crippen LogP contribution in [0.3, 0.4) is 0 Å². The number of likely N-dealkylation sites (tertiary alicyclic amines) is 1. The van der Waals surface area contributed by atoms with Crippen LogP contribution in [0.2, 0.25) is 0 Å². The summed E-state index contributed by atoms with van der Waals surface area (Å²) in [7, 11) is 0. The van der Waals surface area contributed by atoms with Crippen molar-refractivity contribution in [3.63, 3.8) is 0 Å². The van der Waals surface area contributed by atoms with Crippen LogP contribution in [0.25, 0.3) is 0 Å². The van der Waals surface area contributed by atoms with Gasteiger partial charge in [-0.15, -0.1) is 0 Å². The second-order valence-electron chi connectivity index (χ2n) is 6.64. The molecule has 1 rings (SSSR count). The lowest BCUT2D eigenvalue weighted by atomic mass is 9.80. The Morgan fingerprint density at radius 2 is 2.06 bits per heavy atom. The molecule has 0 spiro atoms. The predicted octanol–water partition coefficient (Wildman–Crippen LogP) is 2.73. The molecule has 2 heteroatoms. The van der Waals surface area contributed by atoms with E-state index in [4.69, 9.17) is 5.73 Å². The van der Waals surface area contributed by atoms with Crippen LogP contribution < -0.4 is 5.73 Å². The van der Waals surface area contributed by atoms with Gasteiger partial charge in [0.05, 0.1) is 0 Å². The first-order chi connectivity index (χ1) is 7.43. The molecule has 1 aliphatic heterocycles. The molecule has 0 aromatic carbocycles. The van der Waals surface area contributed by atoms with Gasteiger partial charge >= 0.3 is 0 Å². The fourth-order valence-corrected chi connectivity index (χ4v) is 2.52. The number of rotatable bonds is 5. The molecule has 1 heterocycles. The standard InChI is InChI=1S/C14H30N2/c1-12(10-15)6-5-8-16-9-7-13(11-16)14(2,3)4/h12-13H,5-11,15H2,1-4H3. The van der Waals surface area contributed by atoms with Gasteiger partial charge in [0.15, 0.2) is 0 Å². The van der Waals surface area contributed by atoms with Gasteiger partial charge in [-0.3, -0.25) is 0 Å². The summed E-state index contributed by atoms with van der Waals surface area (Å²) in [5.74, 6) is 1.58. The summed E-state index contributed by atoms with van der Waals surface area (Å²) in [6.07, 6.45) is 3.98. The van der Waals surface area contributed by atoms with E-state index >= 15 is 0 Å². The summed E-state index contributed by atoms with van der Waals surface area (Å²) in [6, 6.07) is 0. The minimum atomic E-state index is 0.485. The average molecular weight is 226 g/mol. The molecule has 1 aliphatic rings. The third-order valence-electron chi connectivity index (χ3n) is 4.07. The van der Waals surface area contributed by atoms with Crippen molar-refractivity contribution in [3.8, 4) is 0 Å². The van der Waals surface area contributed by atoms with E-state index < -0.39 is 0 Å². The molecule has 2 N–H and O–H groups in total. The molecular formula is C14H30N2. The van der Waals surface area contributed by atoms with Crippen molar-refractivity contribution in [1.82, 2.24) is 4.90 Å². The summed E-state index contributed by atoms with van der Waals surface area (Å²) in [5, 5.41) is 0. The molecule has 96 valence electrons. The average Bonchev–Trinajstić information content (AvgIpc) is 2.65. The van der Waals surface area contributed by atoms with Crippen LogP contribution in [0.15, 0.2) is 0 Å². The Bertz CT molecular complexity index is 195. The topological polar surface area (TPSA) is 29.3 Å². The van der Waals surface area contributed by atoms with E-state index in [1.165, 1.54) is 38.9 Å². The molecule has 0 aromatic heterocycles. The number of nitrogens with zero attached hydrogens (tertiary/aromatic N) is 1. The SMILES string of the molecule is CC(CN)CCCN1CCC(C(C)(C)C)C1. The third-order valence-corrected chi connectivity index (χ3v) is 4.07. The quantitative estimate of drug-likeness (QED) is 0.781. The highest BCUT2D eigenvalue weighted by Crippen LogP contribution is 2.33. The van der Waals surface area contributed by atoms with Crippen LogP contribution in [-0.4, -0.2) is 31.1 Å². The lowest BCUT2D eigenvalue weighted by Gasteiger charge is -2.27. The van der Waals surface area contributed by atoms with Crippen LogP contribution >= 0.6 is 0 Å². The van der Waals surface area contributed by atoms with Gasteiger partial charge in [-0.1, -0.05) is 27.7 Å². The molecule has 16 heavy (non-hydrogen) atoms. The maximum Gasteiger partial charge on any atom is 0.00151 e. The summed E-state index contributed by atoms with van der Waals surface area (Å²) >= 11 is 0. The van der Waals surface area contributed by atoms with E-state index in [1.807, 2.05) is 0 Å². The van der Waals surface area contributed by atoms with E-state index in [0.29, 0.717) is 11.3 Å². The fraction of sp³-hybridized carbons (Fsp3) is 1.00. The zero-order valence-electron chi connectivity index (χ0n) is 11.6. The molecule has 1 saturated heterocycles. The summed E-state index contributed by atoms with van der Waals surface area (Å²) in [6.45, 7) is 14.1. The molecule has 2 unspecified atom stereocenters. The van der Waals surface area contributed by atoms with E-state index in [0.717, 1.165) is 12.5 Å². The Kier molecular flexibility index (Phi) is 5.26. The molecule has 0 aliphatic carbocycles. The van der Waals surface area contributed by atoms with Gasteiger partial charge in [0, 0.05) is 6.54 Å². The number of hydrogen-bond acceptors (Lipinski definition) is 2. The first-order valence-corrected chi connectivity index (χ1v) is 6.86. The molecule has 2 nitrogen and oxygen atoms in total. The maximum atomic E-state index is 5.63. The number of nitrogens with two attached hydrogens (primary N) is 1. The zero-order valence-corrected chi connectivity index (χ0v) is 11.6. The Morgan fingerprint density at radius 3 is 2.56 bits per heavy atom. The monoisotopic (exact) mass is 226 g/mol. The Labute approximate surface area is 102 Å². The largest absolute Gasteiger partial charge is 0.330 e. The molecule has 1 fully saturated rings. The molecule has 0 radical (unpaired) electrons. The van der Waals surface area contributed by atoms with Gasteiger partial charge < -0.3 is 10.6 Å². The van der Waals surface area contributed by atoms with Gasteiger partial charge in [0.25, 0.3) is 0 Å². The second kappa shape index (κ2) is 6.02. The van der Waals surface area contributed by atoms with Crippen LogP contribution in [0.4, 0.5) is 0 Å². The molecule has 0 amide bonds. The molecule has 2 atom stereocenters. The first-order valence-electron chi connectivity index (χ1n) is 6.86. The summed E-state index contributed by atoms with van der Waals surface area (Å²) in [5.41, 5.74) is 6.12. The highest BCUT2D eigenvalue weighted by molar-refractivity contribution is 4.83. The minimum absolute atomic E-state index is 0.485. The normalized spacial score (nSPS) is 24.9. The van der Waals surface area contributed by atoms with Gasteiger partial charge in [-0.2, -0.15) is 0 Å². The summed E-state index contributed by atoms with van der Waals surface area (Å²) in [4.78, 5) is 2.64. The third kappa shape index (κ3) is 4.42. The smallest absolute Gasteiger partial charge is 0.00151 e. The highest BCUT2D eigenvalue weighted by Gasteiger charge is 2.31. The minimum Gasteiger partial charge on any atom is -0.330 e. The Balaban J connectivity index is 2.17. The highest BCUT2D eigenvalue weighted by atomic mass is 15.1. The fourth-order valence-electron chi connectivity index (χ4n) is 2.52. The van der Waals surface area contributed by atoms with Crippen molar-refractivity contribution in [1.29, 1.82) is 0 Å². The molecular weight excluding hydrogens is 196 g/mol. The van der Waals surface area contributed by atoms with Gasteiger partial charge in [-0.25, -0.2) is 0 Å². The first kappa shape index (κ1) is 14.0. The van der Waals surface area contributed by atoms with Crippen LogP contribution in [-0.2, 0) is 0 Å². The molecule has 0 saturated carbocycles. The predicted molar refractivity (Wildman–Crippen MR) is 71.5 cm³/mol. The molecule has 0 aromatic rings. The molecule has 0 bridgehead atoms. The lowest BCUT2D eigenvalue weighted by molar-refractivity contribution is 0.226. The van der Waals surface area contributed by atoms with E-state index in [-0.39, 0.29) is 0 Å². The van der Waals surface area contributed by atoms with Crippen molar-refractivity contribution < 1.29 is 0 Å².